The fourth-order valence-electron chi connectivity index (χ4n) is 2.82. The van der Waals surface area contributed by atoms with Gasteiger partial charge in [-0.1, -0.05) is 6.07 Å². The molecule has 1 aliphatic carbocycles. The molecular formula is C16H23NO2. The van der Waals surface area contributed by atoms with E-state index in [2.05, 4.69) is 23.1 Å². The monoisotopic (exact) mass is 261 g/mol. The van der Waals surface area contributed by atoms with E-state index in [9.17, 15) is 4.79 Å². The summed E-state index contributed by atoms with van der Waals surface area (Å²) in [5, 5.41) is 0. The molecule has 0 heterocycles. The SMILES string of the molecule is COC(=O)C(C)(C)CN(C)c1ccc2c(c1)CCC2. The smallest absolute Gasteiger partial charge is 0.313 e. The first-order valence-electron chi connectivity index (χ1n) is 6.85. The fraction of sp³-hybridized carbons (Fsp3) is 0.562. The van der Waals surface area contributed by atoms with Gasteiger partial charge in [-0.15, -0.1) is 0 Å². The fourth-order valence-corrected chi connectivity index (χ4v) is 2.82. The maximum Gasteiger partial charge on any atom is 0.313 e. The lowest BCUT2D eigenvalue weighted by Gasteiger charge is -2.29. The molecule has 0 aliphatic heterocycles. The maximum atomic E-state index is 11.7. The van der Waals surface area contributed by atoms with E-state index in [0.29, 0.717) is 6.54 Å². The molecular weight excluding hydrogens is 238 g/mol. The number of hydrogen-bond acceptors (Lipinski definition) is 3. The minimum Gasteiger partial charge on any atom is -0.469 e. The predicted octanol–water partition coefficient (Wildman–Crippen LogP) is 2.81. The first kappa shape index (κ1) is 13.9. The largest absolute Gasteiger partial charge is 0.469 e. The van der Waals surface area contributed by atoms with Crippen LogP contribution in [0.25, 0.3) is 0 Å². The van der Waals surface area contributed by atoms with Crippen LogP contribution in [0, 0.1) is 5.41 Å². The van der Waals surface area contributed by atoms with Crippen LogP contribution in [0.4, 0.5) is 5.69 Å². The van der Waals surface area contributed by atoms with Crippen molar-refractivity contribution in [1.29, 1.82) is 0 Å². The van der Waals surface area contributed by atoms with Crippen molar-refractivity contribution in [2.45, 2.75) is 33.1 Å². The molecule has 19 heavy (non-hydrogen) atoms. The Morgan fingerprint density at radius 1 is 1.32 bits per heavy atom. The molecule has 0 radical (unpaired) electrons. The first-order valence-corrected chi connectivity index (χ1v) is 6.85. The van der Waals surface area contributed by atoms with Gasteiger partial charge in [0, 0.05) is 19.3 Å². The number of carbonyl (C=O) groups excluding carboxylic acids is 1. The molecule has 3 heteroatoms. The van der Waals surface area contributed by atoms with Crippen molar-refractivity contribution in [1.82, 2.24) is 0 Å². The van der Waals surface area contributed by atoms with Gasteiger partial charge in [0.05, 0.1) is 12.5 Å². The molecule has 0 atom stereocenters. The number of rotatable bonds is 4. The van der Waals surface area contributed by atoms with E-state index in [4.69, 9.17) is 4.74 Å². The van der Waals surface area contributed by atoms with Gasteiger partial charge in [0.1, 0.15) is 0 Å². The molecule has 0 saturated carbocycles. The summed E-state index contributed by atoms with van der Waals surface area (Å²) >= 11 is 0. The Labute approximate surface area is 115 Å². The molecule has 0 N–H and O–H groups in total. The molecule has 104 valence electrons. The number of carbonyl (C=O) groups is 1. The summed E-state index contributed by atoms with van der Waals surface area (Å²) in [7, 11) is 3.47. The van der Waals surface area contributed by atoms with Crippen LogP contribution in [0.1, 0.15) is 31.4 Å². The number of methoxy groups -OCH3 is 1. The van der Waals surface area contributed by atoms with Crippen molar-refractivity contribution < 1.29 is 9.53 Å². The number of benzene rings is 1. The molecule has 1 aromatic carbocycles. The number of nitrogens with zero attached hydrogens (tertiary/aromatic N) is 1. The zero-order chi connectivity index (χ0) is 14.0. The van der Waals surface area contributed by atoms with Crippen LogP contribution in [0.2, 0.25) is 0 Å². The number of ether oxygens (including phenoxy) is 1. The molecule has 0 aromatic heterocycles. The molecule has 0 spiro atoms. The van der Waals surface area contributed by atoms with Crippen molar-refractivity contribution in [3.05, 3.63) is 29.3 Å². The van der Waals surface area contributed by atoms with Gasteiger partial charge in [0.2, 0.25) is 0 Å². The van der Waals surface area contributed by atoms with Crippen molar-refractivity contribution in [3.63, 3.8) is 0 Å². The van der Waals surface area contributed by atoms with Crippen molar-refractivity contribution in [2.75, 3.05) is 25.6 Å². The Morgan fingerprint density at radius 3 is 2.68 bits per heavy atom. The number of fused-ring (bicyclic) bond motifs is 1. The first-order chi connectivity index (χ1) is 8.94. The standard InChI is InChI=1S/C16H23NO2/c1-16(2,15(18)19-4)11-17(3)14-9-8-12-6-5-7-13(12)10-14/h8-10H,5-7,11H2,1-4H3. The molecule has 0 fully saturated rings. The Bertz CT molecular complexity index is 480. The van der Waals surface area contributed by atoms with Crippen LogP contribution >= 0.6 is 0 Å². The van der Waals surface area contributed by atoms with E-state index >= 15 is 0 Å². The van der Waals surface area contributed by atoms with Gasteiger partial charge in [0.15, 0.2) is 0 Å². The summed E-state index contributed by atoms with van der Waals surface area (Å²) in [6.07, 6.45) is 3.64. The highest BCUT2D eigenvalue weighted by molar-refractivity contribution is 5.76. The van der Waals surface area contributed by atoms with E-state index in [-0.39, 0.29) is 5.97 Å². The summed E-state index contributed by atoms with van der Waals surface area (Å²) in [4.78, 5) is 13.9. The summed E-state index contributed by atoms with van der Waals surface area (Å²) in [5.74, 6) is -0.166. The van der Waals surface area contributed by atoms with Gasteiger partial charge in [0.25, 0.3) is 0 Å². The molecule has 0 unspecified atom stereocenters. The number of esters is 1. The minimum absolute atomic E-state index is 0.166. The molecule has 0 amide bonds. The normalized spacial score (nSPS) is 14.1. The summed E-state index contributed by atoms with van der Waals surface area (Å²) in [5.41, 5.74) is 3.62. The van der Waals surface area contributed by atoms with E-state index < -0.39 is 5.41 Å². The second-order valence-electron chi connectivity index (χ2n) is 6.04. The highest BCUT2D eigenvalue weighted by Gasteiger charge is 2.30. The molecule has 0 bridgehead atoms. The topological polar surface area (TPSA) is 29.5 Å². The lowest BCUT2D eigenvalue weighted by atomic mass is 9.93. The van der Waals surface area contributed by atoms with Crippen LogP contribution in [-0.4, -0.2) is 26.7 Å². The average molecular weight is 261 g/mol. The second kappa shape index (κ2) is 5.24. The van der Waals surface area contributed by atoms with Crippen LogP contribution in [-0.2, 0) is 22.4 Å². The third-order valence-electron chi connectivity index (χ3n) is 3.89. The number of anilines is 1. The van der Waals surface area contributed by atoms with Gasteiger partial charge in [-0.25, -0.2) is 0 Å². The maximum absolute atomic E-state index is 11.7. The van der Waals surface area contributed by atoms with E-state index in [1.54, 1.807) is 0 Å². The highest BCUT2D eigenvalue weighted by Crippen LogP contribution is 2.28. The van der Waals surface area contributed by atoms with Gasteiger partial charge in [-0.05, 0) is 56.4 Å². The third-order valence-corrected chi connectivity index (χ3v) is 3.89. The van der Waals surface area contributed by atoms with E-state index in [1.165, 1.54) is 43.2 Å². The minimum atomic E-state index is -0.498. The van der Waals surface area contributed by atoms with Crippen LogP contribution < -0.4 is 4.90 Å². The van der Waals surface area contributed by atoms with E-state index in [0.717, 1.165) is 0 Å². The lowest BCUT2D eigenvalue weighted by molar-refractivity contribution is -0.150. The van der Waals surface area contributed by atoms with Crippen molar-refractivity contribution in [2.24, 2.45) is 5.41 Å². The zero-order valence-electron chi connectivity index (χ0n) is 12.3. The van der Waals surface area contributed by atoms with Crippen LogP contribution in [0.15, 0.2) is 18.2 Å². The van der Waals surface area contributed by atoms with Gasteiger partial charge >= 0.3 is 5.97 Å². The number of hydrogen-bond donors (Lipinski definition) is 0. The van der Waals surface area contributed by atoms with Crippen molar-refractivity contribution >= 4 is 11.7 Å². The zero-order valence-corrected chi connectivity index (χ0v) is 12.3. The highest BCUT2D eigenvalue weighted by atomic mass is 16.5. The Hall–Kier alpha value is -1.51. The Morgan fingerprint density at radius 2 is 2.00 bits per heavy atom. The second-order valence-corrected chi connectivity index (χ2v) is 6.04. The van der Waals surface area contributed by atoms with E-state index in [1.807, 2.05) is 20.9 Å². The molecule has 0 saturated heterocycles. The molecule has 1 aromatic rings. The molecule has 2 rings (SSSR count). The van der Waals surface area contributed by atoms with Crippen molar-refractivity contribution in [3.8, 4) is 0 Å². The summed E-state index contributed by atoms with van der Waals surface area (Å²) in [6.45, 7) is 4.49. The average Bonchev–Trinajstić information content (AvgIpc) is 2.84. The summed E-state index contributed by atoms with van der Waals surface area (Å²) in [6, 6.07) is 6.63. The molecule has 1 aliphatic rings. The van der Waals surface area contributed by atoms with Crippen LogP contribution in [0.3, 0.4) is 0 Å². The quantitative estimate of drug-likeness (QED) is 0.781. The lowest BCUT2D eigenvalue weighted by Crippen LogP contribution is -2.38. The third kappa shape index (κ3) is 2.91. The summed E-state index contributed by atoms with van der Waals surface area (Å²) < 4.78 is 4.86. The van der Waals surface area contributed by atoms with Gasteiger partial charge in [-0.3, -0.25) is 4.79 Å². The van der Waals surface area contributed by atoms with Gasteiger partial charge in [-0.2, -0.15) is 0 Å². The van der Waals surface area contributed by atoms with Gasteiger partial charge < -0.3 is 9.64 Å². The molecule has 3 nitrogen and oxygen atoms in total. The predicted molar refractivity (Wildman–Crippen MR) is 77.5 cm³/mol. The Kier molecular flexibility index (Phi) is 3.83. The van der Waals surface area contributed by atoms with Crippen LogP contribution in [0.5, 0.6) is 0 Å². The number of aryl methyl sites for hydroxylation is 2. The Balaban J connectivity index is 2.12.